The number of phenolic OH excluding ortho intramolecular Hbond substituents is 1. The summed E-state index contributed by atoms with van der Waals surface area (Å²) >= 11 is 0. The number of nitrogens with two attached hydrogens (primary N) is 1. The van der Waals surface area contributed by atoms with Gasteiger partial charge in [-0.2, -0.15) is 0 Å². The van der Waals surface area contributed by atoms with Crippen LogP contribution in [0.5, 0.6) is 5.75 Å². The van der Waals surface area contributed by atoms with Gasteiger partial charge in [-0.3, -0.25) is 0 Å². The summed E-state index contributed by atoms with van der Waals surface area (Å²) in [5.41, 5.74) is 8.84. The van der Waals surface area contributed by atoms with Crippen molar-refractivity contribution < 1.29 is 5.11 Å². The van der Waals surface area contributed by atoms with E-state index in [1.54, 1.807) is 6.07 Å². The maximum absolute atomic E-state index is 9.51. The Morgan fingerprint density at radius 1 is 1.33 bits per heavy atom. The first-order chi connectivity index (χ1) is 5.54. The van der Waals surface area contributed by atoms with Gasteiger partial charge in [-0.25, -0.2) is 0 Å². The maximum atomic E-state index is 9.51. The van der Waals surface area contributed by atoms with Crippen LogP contribution in [0.4, 0.5) is 0 Å². The molecule has 0 amide bonds. The minimum absolute atomic E-state index is 0.107. The highest BCUT2D eigenvalue weighted by Crippen LogP contribution is 2.27. The molecule has 0 fully saturated rings. The van der Waals surface area contributed by atoms with Crippen molar-refractivity contribution in [2.75, 3.05) is 0 Å². The first kappa shape index (κ1) is 9.07. The minimum atomic E-state index is -0.107. The topological polar surface area (TPSA) is 46.2 Å². The molecule has 1 atom stereocenters. The van der Waals surface area contributed by atoms with Gasteiger partial charge in [0.1, 0.15) is 5.75 Å². The monoisotopic (exact) mass is 165 g/mol. The minimum Gasteiger partial charge on any atom is -0.508 e. The van der Waals surface area contributed by atoms with Crippen LogP contribution in [0.2, 0.25) is 0 Å². The lowest BCUT2D eigenvalue weighted by atomic mass is 9.98. The van der Waals surface area contributed by atoms with Gasteiger partial charge >= 0.3 is 0 Å². The van der Waals surface area contributed by atoms with Gasteiger partial charge in [-0.1, -0.05) is 6.07 Å². The van der Waals surface area contributed by atoms with E-state index in [1.165, 1.54) is 5.56 Å². The number of phenols is 1. The molecule has 2 nitrogen and oxygen atoms in total. The lowest BCUT2D eigenvalue weighted by molar-refractivity contribution is 0.462. The van der Waals surface area contributed by atoms with Crippen LogP contribution in [0, 0.1) is 13.8 Å². The van der Waals surface area contributed by atoms with Crippen molar-refractivity contribution in [2.24, 2.45) is 5.73 Å². The molecular weight excluding hydrogens is 150 g/mol. The fourth-order valence-electron chi connectivity index (χ4n) is 1.40. The van der Waals surface area contributed by atoms with E-state index >= 15 is 0 Å². The van der Waals surface area contributed by atoms with E-state index in [4.69, 9.17) is 5.73 Å². The molecule has 0 aliphatic carbocycles. The summed E-state index contributed by atoms with van der Waals surface area (Å²) < 4.78 is 0. The Morgan fingerprint density at radius 3 is 2.33 bits per heavy atom. The van der Waals surface area contributed by atoms with Crippen molar-refractivity contribution in [1.29, 1.82) is 0 Å². The van der Waals surface area contributed by atoms with E-state index < -0.39 is 0 Å². The van der Waals surface area contributed by atoms with E-state index in [2.05, 4.69) is 0 Å². The molecule has 2 heteroatoms. The molecule has 0 radical (unpaired) electrons. The van der Waals surface area contributed by atoms with E-state index in [0.29, 0.717) is 5.75 Å². The normalized spacial score (nSPS) is 13.0. The van der Waals surface area contributed by atoms with Crippen LogP contribution < -0.4 is 5.73 Å². The molecule has 1 rings (SSSR count). The Labute approximate surface area is 73.0 Å². The second-order valence-electron chi connectivity index (χ2n) is 3.23. The fourth-order valence-corrected chi connectivity index (χ4v) is 1.40. The molecule has 66 valence electrons. The summed E-state index contributed by atoms with van der Waals surface area (Å²) in [6, 6.07) is 3.49. The predicted octanol–water partition coefficient (Wildman–Crippen LogP) is 2.03. The zero-order valence-electron chi connectivity index (χ0n) is 7.76. The van der Waals surface area contributed by atoms with E-state index in [1.807, 2.05) is 26.8 Å². The quantitative estimate of drug-likeness (QED) is 0.668. The van der Waals surface area contributed by atoms with Crippen LogP contribution in [0.25, 0.3) is 0 Å². The highest BCUT2D eigenvalue weighted by Gasteiger charge is 2.10. The molecule has 0 saturated carbocycles. The average Bonchev–Trinajstić information content (AvgIpc) is 1.97. The van der Waals surface area contributed by atoms with Crippen molar-refractivity contribution >= 4 is 0 Å². The van der Waals surface area contributed by atoms with E-state index in [0.717, 1.165) is 11.1 Å². The van der Waals surface area contributed by atoms with Crippen LogP contribution in [0.15, 0.2) is 12.1 Å². The number of hydrogen-bond donors (Lipinski definition) is 2. The summed E-state index contributed by atoms with van der Waals surface area (Å²) in [5, 5.41) is 9.51. The van der Waals surface area contributed by atoms with Gasteiger partial charge < -0.3 is 10.8 Å². The van der Waals surface area contributed by atoms with Gasteiger partial charge in [0.25, 0.3) is 0 Å². The Morgan fingerprint density at radius 2 is 1.92 bits per heavy atom. The maximum Gasteiger partial charge on any atom is 0.120 e. The van der Waals surface area contributed by atoms with Gasteiger partial charge in [0.05, 0.1) is 0 Å². The van der Waals surface area contributed by atoms with Gasteiger partial charge in [-0.15, -0.1) is 0 Å². The molecule has 0 aromatic heterocycles. The predicted molar refractivity (Wildman–Crippen MR) is 50.2 cm³/mol. The van der Waals surface area contributed by atoms with Gasteiger partial charge in [0.15, 0.2) is 0 Å². The van der Waals surface area contributed by atoms with Gasteiger partial charge in [0.2, 0.25) is 0 Å². The molecule has 0 aliphatic heterocycles. The molecule has 1 unspecified atom stereocenters. The molecule has 1 aromatic carbocycles. The Balaban J connectivity index is 3.33. The van der Waals surface area contributed by atoms with E-state index in [-0.39, 0.29) is 6.04 Å². The molecule has 0 saturated heterocycles. The highest BCUT2D eigenvalue weighted by molar-refractivity contribution is 5.44. The van der Waals surface area contributed by atoms with Crippen LogP contribution >= 0.6 is 0 Å². The first-order valence-corrected chi connectivity index (χ1v) is 4.08. The van der Waals surface area contributed by atoms with Crippen LogP contribution in [-0.4, -0.2) is 5.11 Å². The molecule has 12 heavy (non-hydrogen) atoms. The highest BCUT2D eigenvalue weighted by atomic mass is 16.3. The number of benzene rings is 1. The summed E-state index contributed by atoms with van der Waals surface area (Å²) in [7, 11) is 0. The summed E-state index contributed by atoms with van der Waals surface area (Å²) in [5.74, 6) is 0.299. The van der Waals surface area contributed by atoms with Crippen molar-refractivity contribution in [3.8, 4) is 5.75 Å². The SMILES string of the molecule is Cc1ccc(O)c(C(C)N)c1C. The molecule has 0 heterocycles. The zero-order chi connectivity index (χ0) is 9.30. The van der Waals surface area contributed by atoms with Gasteiger partial charge in [-0.05, 0) is 38.0 Å². The average molecular weight is 165 g/mol. The molecule has 0 spiro atoms. The zero-order valence-corrected chi connectivity index (χ0v) is 7.76. The summed E-state index contributed by atoms with van der Waals surface area (Å²) in [4.78, 5) is 0. The van der Waals surface area contributed by atoms with Crippen molar-refractivity contribution in [2.45, 2.75) is 26.8 Å². The Kier molecular flexibility index (Phi) is 2.38. The lowest BCUT2D eigenvalue weighted by Gasteiger charge is -2.13. The van der Waals surface area contributed by atoms with Crippen LogP contribution in [0.1, 0.15) is 29.7 Å². The number of rotatable bonds is 1. The summed E-state index contributed by atoms with van der Waals surface area (Å²) in [6.45, 7) is 5.87. The smallest absolute Gasteiger partial charge is 0.120 e. The van der Waals surface area contributed by atoms with E-state index in [9.17, 15) is 5.11 Å². The Bertz CT molecular complexity index is 292. The first-order valence-electron chi connectivity index (χ1n) is 4.08. The molecule has 0 aliphatic rings. The third kappa shape index (κ3) is 1.43. The molecular formula is C10H15NO. The largest absolute Gasteiger partial charge is 0.508 e. The second-order valence-corrected chi connectivity index (χ2v) is 3.23. The van der Waals surface area contributed by atoms with Crippen LogP contribution in [-0.2, 0) is 0 Å². The third-order valence-electron chi connectivity index (χ3n) is 2.22. The van der Waals surface area contributed by atoms with Crippen LogP contribution in [0.3, 0.4) is 0 Å². The van der Waals surface area contributed by atoms with Crippen molar-refractivity contribution in [3.63, 3.8) is 0 Å². The second kappa shape index (κ2) is 3.15. The third-order valence-corrected chi connectivity index (χ3v) is 2.22. The van der Waals surface area contributed by atoms with Gasteiger partial charge in [0, 0.05) is 11.6 Å². The number of hydrogen-bond acceptors (Lipinski definition) is 2. The number of aromatic hydroxyl groups is 1. The van der Waals surface area contributed by atoms with Crippen molar-refractivity contribution in [3.05, 3.63) is 28.8 Å². The molecule has 3 N–H and O–H groups in total. The molecule has 0 bridgehead atoms. The lowest BCUT2D eigenvalue weighted by Crippen LogP contribution is -2.07. The molecule has 1 aromatic rings. The fraction of sp³-hybridized carbons (Fsp3) is 0.400. The Hall–Kier alpha value is -1.02. The van der Waals surface area contributed by atoms with Crippen molar-refractivity contribution in [1.82, 2.24) is 0 Å². The standard InChI is InChI=1S/C10H15NO/c1-6-4-5-9(12)10(7(6)2)8(3)11/h4-5,8,12H,11H2,1-3H3. The number of aryl methyl sites for hydroxylation is 1. The summed E-state index contributed by atoms with van der Waals surface area (Å²) in [6.07, 6.45) is 0.